The standard InChI is InChI=1S/C12H13F4N3O2/c1-2-8-9(13)10(18-5-17-8)19-3-6(11(20)21)7(4-19)12(14,15)16/h5-7H,2-4H2,1H3,(H,20,21)/t6-,7-/m1/s1. The molecule has 2 rings (SSSR count). The fourth-order valence-electron chi connectivity index (χ4n) is 2.42. The van der Waals surface area contributed by atoms with Crippen LogP contribution in [0.25, 0.3) is 0 Å². The Labute approximate surface area is 117 Å². The summed E-state index contributed by atoms with van der Waals surface area (Å²) in [5.41, 5.74) is 0.0855. The van der Waals surface area contributed by atoms with Crippen molar-refractivity contribution in [3.8, 4) is 0 Å². The number of aliphatic carboxylic acids is 1. The summed E-state index contributed by atoms with van der Waals surface area (Å²) in [6, 6.07) is 0. The molecule has 0 aromatic carbocycles. The topological polar surface area (TPSA) is 66.3 Å². The SMILES string of the molecule is CCc1ncnc(N2C[C@@H](C(F)(F)F)[C@H](C(=O)O)C2)c1F. The third kappa shape index (κ3) is 2.91. The van der Waals surface area contributed by atoms with E-state index in [2.05, 4.69) is 9.97 Å². The fraction of sp³-hybridized carbons (Fsp3) is 0.583. The van der Waals surface area contributed by atoms with Gasteiger partial charge in [0.2, 0.25) is 0 Å². The van der Waals surface area contributed by atoms with Crippen molar-refractivity contribution in [1.82, 2.24) is 9.97 Å². The number of hydrogen-bond donors (Lipinski definition) is 1. The van der Waals surface area contributed by atoms with Crippen molar-refractivity contribution in [3.63, 3.8) is 0 Å². The largest absolute Gasteiger partial charge is 0.481 e. The van der Waals surface area contributed by atoms with Crippen LogP contribution >= 0.6 is 0 Å². The second-order valence-electron chi connectivity index (χ2n) is 4.81. The van der Waals surface area contributed by atoms with Crippen LogP contribution in [0.3, 0.4) is 0 Å². The maximum atomic E-state index is 14.1. The monoisotopic (exact) mass is 307 g/mol. The first-order chi connectivity index (χ1) is 9.75. The summed E-state index contributed by atoms with van der Waals surface area (Å²) < 4.78 is 52.8. The fourth-order valence-corrected chi connectivity index (χ4v) is 2.42. The molecule has 9 heteroatoms. The van der Waals surface area contributed by atoms with Crippen LogP contribution in [0.1, 0.15) is 12.6 Å². The second kappa shape index (κ2) is 5.45. The maximum Gasteiger partial charge on any atom is 0.394 e. The second-order valence-corrected chi connectivity index (χ2v) is 4.81. The molecule has 1 saturated heterocycles. The zero-order valence-electron chi connectivity index (χ0n) is 11.1. The van der Waals surface area contributed by atoms with Crippen molar-refractivity contribution in [2.45, 2.75) is 19.5 Å². The summed E-state index contributed by atoms with van der Waals surface area (Å²) in [6.45, 7) is 0.589. The molecule has 5 nitrogen and oxygen atoms in total. The Morgan fingerprint density at radius 3 is 2.57 bits per heavy atom. The molecule has 0 spiro atoms. The number of hydrogen-bond acceptors (Lipinski definition) is 4. The quantitative estimate of drug-likeness (QED) is 0.864. The summed E-state index contributed by atoms with van der Waals surface area (Å²) in [4.78, 5) is 19.4. The van der Waals surface area contributed by atoms with E-state index in [1.54, 1.807) is 6.92 Å². The van der Waals surface area contributed by atoms with E-state index in [0.29, 0.717) is 0 Å². The summed E-state index contributed by atoms with van der Waals surface area (Å²) in [5.74, 6) is -6.31. The van der Waals surface area contributed by atoms with Gasteiger partial charge >= 0.3 is 12.1 Å². The van der Waals surface area contributed by atoms with Gasteiger partial charge in [0.05, 0.1) is 17.5 Å². The van der Waals surface area contributed by atoms with Gasteiger partial charge in [-0.25, -0.2) is 14.4 Å². The highest BCUT2D eigenvalue weighted by atomic mass is 19.4. The minimum absolute atomic E-state index is 0.0855. The molecule has 0 amide bonds. The molecule has 21 heavy (non-hydrogen) atoms. The number of aryl methyl sites for hydroxylation is 1. The average Bonchev–Trinajstić information content (AvgIpc) is 2.84. The Morgan fingerprint density at radius 1 is 1.43 bits per heavy atom. The highest BCUT2D eigenvalue weighted by Crippen LogP contribution is 2.39. The zero-order valence-corrected chi connectivity index (χ0v) is 11.1. The Hall–Kier alpha value is -1.93. The Kier molecular flexibility index (Phi) is 4.02. The summed E-state index contributed by atoms with van der Waals surface area (Å²) in [5, 5.41) is 8.93. The van der Waals surface area contributed by atoms with E-state index >= 15 is 0 Å². The highest BCUT2D eigenvalue weighted by molar-refractivity contribution is 5.72. The van der Waals surface area contributed by atoms with Gasteiger partial charge in [0.15, 0.2) is 11.6 Å². The van der Waals surface area contributed by atoms with Crippen LogP contribution in [-0.2, 0) is 11.2 Å². The Balaban J connectivity index is 2.33. The normalized spacial score (nSPS) is 22.6. The number of alkyl halides is 3. The molecule has 0 aliphatic carbocycles. The molecule has 1 fully saturated rings. The predicted octanol–water partition coefficient (Wildman–Crippen LogP) is 1.88. The molecule has 116 valence electrons. The number of halogens is 4. The van der Waals surface area contributed by atoms with Gasteiger partial charge in [0.1, 0.15) is 6.33 Å². The number of carbonyl (C=O) groups is 1. The van der Waals surface area contributed by atoms with Crippen molar-refractivity contribution in [1.29, 1.82) is 0 Å². The number of rotatable bonds is 3. The maximum absolute atomic E-state index is 14.1. The van der Waals surface area contributed by atoms with Crippen molar-refractivity contribution in [2.24, 2.45) is 11.8 Å². The molecule has 0 radical (unpaired) electrons. The van der Waals surface area contributed by atoms with E-state index in [4.69, 9.17) is 5.11 Å². The first-order valence-electron chi connectivity index (χ1n) is 6.29. The summed E-state index contributed by atoms with van der Waals surface area (Å²) in [7, 11) is 0. The van der Waals surface area contributed by atoms with E-state index in [0.717, 1.165) is 11.2 Å². The third-order valence-electron chi connectivity index (χ3n) is 3.54. The molecule has 2 atom stereocenters. The number of aromatic nitrogens is 2. The lowest BCUT2D eigenvalue weighted by molar-refractivity contribution is -0.187. The minimum Gasteiger partial charge on any atom is -0.481 e. The molecule has 1 N–H and O–H groups in total. The van der Waals surface area contributed by atoms with Gasteiger partial charge in [-0.15, -0.1) is 0 Å². The average molecular weight is 307 g/mol. The lowest BCUT2D eigenvalue weighted by Gasteiger charge is -2.19. The van der Waals surface area contributed by atoms with Crippen LogP contribution in [-0.4, -0.2) is 40.3 Å². The van der Waals surface area contributed by atoms with Gasteiger partial charge in [-0.2, -0.15) is 13.2 Å². The zero-order chi connectivity index (χ0) is 15.8. The van der Waals surface area contributed by atoms with Gasteiger partial charge in [-0.05, 0) is 6.42 Å². The van der Waals surface area contributed by atoms with E-state index in [9.17, 15) is 22.4 Å². The molecule has 0 unspecified atom stereocenters. The van der Waals surface area contributed by atoms with Gasteiger partial charge < -0.3 is 10.0 Å². The molecular formula is C12H13F4N3O2. The molecular weight excluding hydrogens is 294 g/mol. The Bertz CT molecular complexity index is 550. The number of anilines is 1. The van der Waals surface area contributed by atoms with Crippen LogP contribution in [0.15, 0.2) is 6.33 Å². The van der Waals surface area contributed by atoms with Crippen LogP contribution < -0.4 is 4.90 Å². The number of nitrogens with zero attached hydrogens (tertiary/aromatic N) is 3. The first kappa shape index (κ1) is 15.5. The molecule has 1 aliphatic rings. The summed E-state index contributed by atoms with van der Waals surface area (Å²) >= 11 is 0. The minimum atomic E-state index is -4.66. The lowest BCUT2D eigenvalue weighted by atomic mass is 9.96. The van der Waals surface area contributed by atoms with E-state index < -0.39 is 42.9 Å². The van der Waals surface area contributed by atoms with Crippen molar-refractivity contribution >= 4 is 11.8 Å². The number of carboxylic acids is 1. The molecule has 1 aromatic rings. The first-order valence-corrected chi connectivity index (χ1v) is 6.29. The molecule has 0 saturated carbocycles. The van der Waals surface area contributed by atoms with Gasteiger partial charge in [0.25, 0.3) is 0 Å². The Morgan fingerprint density at radius 2 is 2.10 bits per heavy atom. The van der Waals surface area contributed by atoms with Crippen molar-refractivity contribution in [2.75, 3.05) is 18.0 Å². The van der Waals surface area contributed by atoms with Crippen molar-refractivity contribution in [3.05, 3.63) is 17.8 Å². The van der Waals surface area contributed by atoms with Gasteiger partial charge in [-0.3, -0.25) is 4.79 Å². The van der Waals surface area contributed by atoms with Crippen LogP contribution in [0.5, 0.6) is 0 Å². The van der Waals surface area contributed by atoms with Gasteiger partial charge in [0, 0.05) is 13.1 Å². The van der Waals surface area contributed by atoms with Crippen LogP contribution in [0.2, 0.25) is 0 Å². The smallest absolute Gasteiger partial charge is 0.394 e. The van der Waals surface area contributed by atoms with Gasteiger partial charge in [-0.1, -0.05) is 6.92 Å². The highest BCUT2D eigenvalue weighted by Gasteiger charge is 2.53. The molecule has 2 heterocycles. The summed E-state index contributed by atoms with van der Waals surface area (Å²) in [6.07, 6.45) is -3.33. The molecule has 1 aromatic heterocycles. The van der Waals surface area contributed by atoms with E-state index in [1.807, 2.05) is 0 Å². The number of carboxylic acid groups (broad SMARTS) is 1. The van der Waals surface area contributed by atoms with Crippen molar-refractivity contribution < 1.29 is 27.5 Å². The molecule has 0 bridgehead atoms. The predicted molar refractivity (Wildman–Crippen MR) is 64.3 cm³/mol. The van der Waals surface area contributed by atoms with Crippen LogP contribution in [0, 0.1) is 17.7 Å². The third-order valence-corrected chi connectivity index (χ3v) is 3.54. The lowest BCUT2D eigenvalue weighted by Crippen LogP contribution is -2.33. The molecule has 1 aliphatic heterocycles. The van der Waals surface area contributed by atoms with Crippen LogP contribution in [0.4, 0.5) is 23.4 Å². The van der Waals surface area contributed by atoms with E-state index in [-0.39, 0.29) is 17.9 Å². The van der Waals surface area contributed by atoms with E-state index in [1.165, 1.54) is 0 Å².